The zero-order chi connectivity index (χ0) is 20.5. The molecule has 2 aromatic rings. The van der Waals surface area contributed by atoms with E-state index in [0.29, 0.717) is 12.5 Å². The summed E-state index contributed by atoms with van der Waals surface area (Å²) in [4.78, 5) is 4.35. The maximum absolute atomic E-state index is 5.82. The molecule has 0 spiro atoms. The largest absolute Gasteiger partial charge is 0.378 e. The highest BCUT2D eigenvalue weighted by Crippen LogP contribution is 2.17. The van der Waals surface area contributed by atoms with E-state index in [-0.39, 0.29) is 30.1 Å². The third kappa shape index (κ3) is 7.62. The SMILES string of the molecule is CCOC(CCNC(=NC)NCc1ccccc1-n1nc(C)cc1C)C(C)C.I. The molecule has 0 saturated carbocycles. The van der Waals surface area contributed by atoms with Crippen LogP contribution in [0.3, 0.4) is 0 Å². The predicted octanol–water partition coefficient (Wildman–Crippen LogP) is 4.22. The van der Waals surface area contributed by atoms with E-state index < -0.39 is 0 Å². The minimum absolute atomic E-state index is 0. The van der Waals surface area contributed by atoms with E-state index in [9.17, 15) is 0 Å². The Labute approximate surface area is 192 Å². The van der Waals surface area contributed by atoms with E-state index in [1.54, 1.807) is 7.05 Å². The average molecular weight is 513 g/mol. The minimum Gasteiger partial charge on any atom is -0.378 e. The van der Waals surface area contributed by atoms with Crippen molar-refractivity contribution in [2.45, 2.75) is 53.7 Å². The molecule has 1 unspecified atom stereocenters. The Balaban J connectivity index is 0.00000420. The van der Waals surface area contributed by atoms with E-state index in [2.05, 4.69) is 65.8 Å². The summed E-state index contributed by atoms with van der Waals surface area (Å²) in [6, 6.07) is 10.4. The van der Waals surface area contributed by atoms with Gasteiger partial charge in [0.2, 0.25) is 0 Å². The molecule has 1 atom stereocenters. The van der Waals surface area contributed by atoms with Crippen LogP contribution in [0.25, 0.3) is 5.69 Å². The van der Waals surface area contributed by atoms with Crippen molar-refractivity contribution < 1.29 is 4.74 Å². The van der Waals surface area contributed by atoms with Crippen LogP contribution in [0.15, 0.2) is 35.3 Å². The summed E-state index contributed by atoms with van der Waals surface area (Å²) in [7, 11) is 1.80. The van der Waals surface area contributed by atoms with Crippen molar-refractivity contribution in [1.29, 1.82) is 0 Å². The molecule has 1 aromatic carbocycles. The Kier molecular flexibility index (Phi) is 11.3. The maximum Gasteiger partial charge on any atom is 0.191 e. The molecule has 0 radical (unpaired) electrons. The standard InChI is InChI=1S/C22H35N5O.HI/c1-7-28-21(16(2)3)12-13-24-22(23-6)25-15-19-10-8-9-11-20(19)27-18(5)14-17(4)26-27;/h8-11,14,16,21H,7,12-13,15H2,1-6H3,(H2,23,24,25);1H. The Morgan fingerprint density at radius 3 is 2.52 bits per heavy atom. The van der Waals surface area contributed by atoms with Crippen LogP contribution in [0, 0.1) is 19.8 Å². The van der Waals surface area contributed by atoms with Crippen molar-refractivity contribution in [3.05, 3.63) is 47.3 Å². The molecule has 1 heterocycles. The lowest BCUT2D eigenvalue weighted by molar-refractivity contribution is 0.0258. The number of nitrogens with zero attached hydrogens (tertiary/aromatic N) is 3. The molecule has 0 fully saturated rings. The van der Waals surface area contributed by atoms with Crippen LogP contribution in [0.2, 0.25) is 0 Å². The van der Waals surface area contributed by atoms with Gasteiger partial charge in [-0.15, -0.1) is 24.0 Å². The van der Waals surface area contributed by atoms with Gasteiger partial charge in [0.1, 0.15) is 0 Å². The van der Waals surface area contributed by atoms with Gasteiger partial charge in [-0.1, -0.05) is 32.0 Å². The number of nitrogens with one attached hydrogen (secondary N) is 2. The maximum atomic E-state index is 5.82. The highest BCUT2D eigenvalue weighted by atomic mass is 127. The number of ether oxygens (including phenoxy) is 1. The number of hydrogen-bond donors (Lipinski definition) is 2. The van der Waals surface area contributed by atoms with Crippen molar-refractivity contribution in [3.63, 3.8) is 0 Å². The molecule has 0 amide bonds. The number of aliphatic imine (C=N–C) groups is 1. The molecule has 7 heteroatoms. The summed E-state index contributed by atoms with van der Waals surface area (Å²) in [6.45, 7) is 12.8. The zero-order valence-electron chi connectivity index (χ0n) is 18.5. The highest BCUT2D eigenvalue weighted by molar-refractivity contribution is 14.0. The summed E-state index contributed by atoms with van der Waals surface area (Å²) in [5, 5.41) is 11.4. The van der Waals surface area contributed by atoms with Crippen LogP contribution in [-0.2, 0) is 11.3 Å². The second kappa shape index (κ2) is 12.8. The number of guanidine groups is 1. The number of benzene rings is 1. The van der Waals surface area contributed by atoms with E-state index in [0.717, 1.165) is 42.6 Å². The first kappa shape index (κ1) is 25.4. The van der Waals surface area contributed by atoms with Crippen LogP contribution >= 0.6 is 24.0 Å². The number of halogens is 1. The van der Waals surface area contributed by atoms with Gasteiger partial charge in [0, 0.05) is 32.4 Å². The van der Waals surface area contributed by atoms with Gasteiger partial charge in [-0.2, -0.15) is 5.10 Å². The second-order valence-electron chi connectivity index (χ2n) is 7.35. The topological polar surface area (TPSA) is 63.5 Å². The lowest BCUT2D eigenvalue weighted by atomic mass is 10.0. The number of aromatic nitrogens is 2. The molecule has 162 valence electrons. The third-order valence-electron chi connectivity index (χ3n) is 4.74. The second-order valence-corrected chi connectivity index (χ2v) is 7.35. The fourth-order valence-corrected chi connectivity index (χ4v) is 3.30. The van der Waals surface area contributed by atoms with Gasteiger partial charge in [0.05, 0.1) is 17.5 Å². The van der Waals surface area contributed by atoms with Gasteiger partial charge in [0.25, 0.3) is 0 Å². The molecular formula is C22H36IN5O. The fraction of sp³-hybridized carbons (Fsp3) is 0.545. The molecule has 0 aliphatic rings. The smallest absolute Gasteiger partial charge is 0.191 e. The number of aryl methyl sites for hydroxylation is 2. The highest BCUT2D eigenvalue weighted by Gasteiger charge is 2.13. The van der Waals surface area contributed by atoms with Crippen LogP contribution in [0.4, 0.5) is 0 Å². The molecule has 29 heavy (non-hydrogen) atoms. The van der Waals surface area contributed by atoms with Gasteiger partial charge >= 0.3 is 0 Å². The van der Waals surface area contributed by atoms with Crippen LogP contribution in [-0.4, -0.2) is 42.0 Å². The molecule has 0 saturated heterocycles. The van der Waals surface area contributed by atoms with Crippen molar-refractivity contribution >= 4 is 29.9 Å². The van der Waals surface area contributed by atoms with Gasteiger partial charge in [-0.25, -0.2) is 4.68 Å². The quantitative estimate of drug-likeness (QED) is 0.300. The first-order chi connectivity index (χ1) is 13.5. The normalized spacial score (nSPS) is 12.6. The zero-order valence-corrected chi connectivity index (χ0v) is 20.9. The molecule has 6 nitrogen and oxygen atoms in total. The fourth-order valence-electron chi connectivity index (χ4n) is 3.30. The molecule has 0 bridgehead atoms. The molecule has 0 aliphatic carbocycles. The first-order valence-electron chi connectivity index (χ1n) is 10.1. The Bertz CT molecular complexity index is 772. The first-order valence-corrected chi connectivity index (χ1v) is 10.1. The average Bonchev–Trinajstić information content (AvgIpc) is 3.01. The molecule has 2 rings (SSSR count). The summed E-state index contributed by atoms with van der Waals surface area (Å²) >= 11 is 0. The van der Waals surface area contributed by atoms with Crippen molar-refractivity contribution in [2.24, 2.45) is 10.9 Å². The Hall–Kier alpha value is -1.61. The predicted molar refractivity (Wildman–Crippen MR) is 132 cm³/mol. The van der Waals surface area contributed by atoms with Crippen LogP contribution in [0.1, 0.15) is 44.1 Å². The Morgan fingerprint density at radius 1 is 1.21 bits per heavy atom. The van der Waals surface area contributed by atoms with E-state index in [4.69, 9.17) is 4.74 Å². The molecule has 1 aromatic heterocycles. The molecular weight excluding hydrogens is 477 g/mol. The van der Waals surface area contributed by atoms with E-state index in [1.165, 1.54) is 5.56 Å². The van der Waals surface area contributed by atoms with Crippen molar-refractivity contribution in [2.75, 3.05) is 20.2 Å². The summed E-state index contributed by atoms with van der Waals surface area (Å²) in [6.07, 6.45) is 1.22. The van der Waals surface area contributed by atoms with Gasteiger partial charge in [-0.3, -0.25) is 4.99 Å². The van der Waals surface area contributed by atoms with Gasteiger partial charge < -0.3 is 15.4 Å². The van der Waals surface area contributed by atoms with Crippen molar-refractivity contribution in [3.8, 4) is 5.69 Å². The van der Waals surface area contributed by atoms with Gasteiger partial charge in [0.15, 0.2) is 5.96 Å². The van der Waals surface area contributed by atoms with Crippen LogP contribution in [0.5, 0.6) is 0 Å². The monoisotopic (exact) mass is 513 g/mol. The molecule has 0 aliphatic heterocycles. The summed E-state index contributed by atoms with van der Waals surface area (Å²) in [5.41, 5.74) is 4.41. The number of para-hydroxylation sites is 1. The summed E-state index contributed by atoms with van der Waals surface area (Å²) < 4.78 is 7.81. The van der Waals surface area contributed by atoms with E-state index in [1.807, 2.05) is 24.6 Å². The summed E-state index contributed by atoms with van der Waals surface area (Å²) in [5.74, 6) is 1.30. The van der Waals surface area contributed by atoms with Crippen LogP contribution < -0.4 is 10.6 Å². The lowest BCUT2D eigenvalue weighted by Gasteiger charge is -2.21. The number of hydrogen-bond acceptors (Lipinski definition) is 3. The third-order valence-corrected chi connectivity index (χ3v) is 4.74. The molecule has 2 N–H and O–H groups in total. The minimum atomic E-state index is 0. The van der Waals surface area contributed by atoms with Crippen molar-refractivity contribution in [1.82, 2.24) is 20.4 Å². The van der Waals surface area contributed by atoms with Gasteiger partial charge in [-0.05, 0) is 50.8 Å². The Morgan fingerprint density at radius 2 is 1.93 bits per heavy atom. The lowest BCUT2D eigenvalue weighted by Crippen LogP contribution is -2.39. The van der Waals surface area contributed by atoms with E-state index >= 15 is 0 Å². The number of rotatable bonds is 9.